The molecule has 1 amide bonds. The second kappa shape index (κ2) is 10.2. The summed E-state index contributed by atoms with van der Waals surface area (Å²) in [7, 11) is -3.65. The first-order chi connectivity index (χ1) is 15.3. The summed E-state index contributed by atoms with van der Waals surface area (Å²) < 4.78 is 33.3. The largest absolute Gasteiger partial charge is 0.452 e. The van der Waals surface area contributed by atoms with Crippen molar-refractivity contribution >= 4 is 27.6 Å². The van der Waals surface area contributed by atoms with Gasteiger partial charge in [0, 0.05) is 31.2 Å². The second-order valence-corrected chi connectivity index (χ2v) is 8.68. The zero-order valence-corrected chi connectivity index (χ0v) is 18.6. The van der Waals surface area contributed by atoms with Gasteiger partial charge in [-0.05, 0) is 48.5 Å². The molecule has 0 unspecified atom stereocenters. The summed E-state index contributed by atoms with van der Waals surface area (Å²) in [6, 6.07) is 14.3. The normalized spacial score (nSPS) is 11.3. The van der Waals surface area contributed by atoms with Gasteiger partial charge in [0.15, 0.2) is 6.61 Å². The quantitative estimate of drug-likeness (QED) is 0.496. The molecule has 0 saturated carbocycles. The minimum Gasteiger partial charge on any atom is -0.452 e. The summed E-state index contributed by atoms with van der Waals surface area (Å²) in [5.41, 5.74) is 1.37. The number of esters is 1. The maximum atomic E-state index is 12.6. The summed E-state index contributed by atoms with van der Waals surface area (Å²) in [6.07, 6.45) is 3.43. The van der Waals surface area contributed by atoms with E-state index in [0.29, 0.717) is 24.3 Å². The third-order valence-electron chi connectivity index (χ3n) is 4.67. The van der Waals surface area contributed by atoms with Crippen LogP contribution in [0.25, 0.3) is 5.69 Å². The van der Waals surface area contributed by atoms with Crippen LogP contribution in [0.1, 0.15) is 24.2 Å². The number of sulfonamides is 1. The van der Waals surface area contributed by atoms with Crippen molar-refractivity contribution in [3.8, 4) is 5.69 Å². The molecular formula is C22H24N4O5S. The number of ether oxygens (including phenoxy) is 1. The molecule has 32 heavy (non-hydrogen) atoms. The Bertz CT molecular complexity index is 1170. The predicted molar refractivity (Wildman–Crippen MR) is 119 cm³/mol. The molecule has 0 aliphatic carbocycles. The molecule has 0 radical (unpaired) electrons. The van der Waals surface area contributed by atoms with Gasteiger partial charge in [-0.1, -0.05) is 19.9 Å². The van der Waals surface area contributed by atoms with Crippen LogP contribution in [-0.2, 0) is 19.6 Å². The van der Waals surface area contributed by atoms with Crippen LogP contribution in [0.4, 0.5) is 5.69 Å². The highest BCUT2D eigenvalue weighted by Crippen LogP contribution is 2.19. The molecule has 1 N–H and O–H groups in total. The number of anilines is 1. The van der Waals surface area contributed by atoms with Crippen molar-refractivity contribution in [1.82, 2.24) is 14.1 Å². The molecular weight excluding hydrogens is 432 g/mol. The number of nitrogens with zero attached hydrogens (tertiary/aromatic N) is 3. The smallest absolute Gasteiger partial charge is 0.338 e. The minimum absolute atomic E-state index is 0.0771. The molecule has 1 aromatic heterocycles. The first-order valence-corrected chi connectivity index (χ1v) is 11.5. The van der Waals surface area contributed by atoms with Crippen LogP contribution in [0, 0.1) is 0 Å². The van der Waals surface area contributed by atoms with E-state index >= 15 is 0 Å². The van der Waals surface area contributed by atoms with Gasteiger partial charge in [0.05, 0.1) is 16.1 Å². The van der Waals surface area contributed by atoms with E-state index in [1.54, 1.807) is 73.4 Å². The fourth-order valence-corrected chi connectivity index (χ4v) is 4.53. The first kappa shape index (κ1) is 23.2. The monoisotopic (exact) mass is 456 g/mol. The van der Waals surface area contributed by atoms with Crippen LogP contribution in [0.3, 0.4) is 0 Å². The SMILES string of the molecule is CCN(CC)S(=O)(=O)c1cccc(NC(=O)COC(=O)c2ccc(-n3cccn3)cc2)c1. The number of hydrogen-bond acceptors (Lipinski definition) is 6. The highest BCUT2D eigenvalue weighted by Gasteiger charge is 2.22. The van der Waals surface area contributed by atoms with E-state index in [9.17, 15) is 18.0 Å². The fourth-order valence-electron chi connectivity index (χ4n) is 3.03. The second-order valence-electron chi connectivity index (χ2n) is 6.74. The Kier molecular flexibility index (Phi) is 7.39. The predicted octanol–water partition coefficient (Wildman–Crippen LogP) is 2.70. The van der Waals surface area contributed by atoms with E-state index in [1.807, 2.05) is 0 Å². The molecule has 0 spiro atoms. The number of benzene rings is 2. The van der Waals surface area contributed by atoms with Crippen LogP contribution < -0.4 is 5.32 Å². The van der Waals surface area contributed by atoms with E-state index < -0.39 is 28.5 Å². The molecule has 3 rings (SSSR count). The van der Waals surface area contributed by atoms with Crippen LogP contribution in [-0.4, -0.2) is 54.1 Å². The van der Waals surface area contributed by atoms with Gasteiger partial charge in [0.2, 0.25) is 10.0 Å². The standard InChI is InChI=1S/C22H24N4O5S/c1-3-25(4-2)32(29,30)20-8-5-7-18(15-20)24-21(27)16-31-22(28)17-9-11-19(12-10-17)26-14-6-13-23-26/h5-15H,3-4,16H2,1-2H3,(H,24,27). The van der Waals surface area contributed by atoms with Gasteiger partial charge in [-0.15, -0.1) is 0 Å². The van der Waals surface area contributed by atoms with Crippen LogP contribution in [0.15, 0.2) is 71.9 Å². The Morgan fingerprint density at radius 3 is 2.41 bits per heavy atom. The Hall–Kier alpha value is -3.50. The molecule has 0 aliphatic rings. The van der Waals surface area contributed by atoms with Crippen molar-refractivity contribution < 1.29 is 22.7 Å². The summed E-state index contributed by atoms with van der Waals surface area (Å²) in [4.78, 5) is 24.5. The number of hydrogen-bond donors (Lipinski definition) is 1. The lowest BCUT2D eigenvalue weighted by Gasteiger charge is -2.18. The summed E-state index contributed by atoms with van der Waals surface area (Å²) in [5, 5.41) is 6.66. The molecule has 0 fully saturated rings. The van der Waals surface area contributed by atoms with Gasteiger partial charge < -0.3 is 10.1 Å². The zero-order chi connectivity index (χ0) is 23.1. The summed E-state index contributed by atoms with van der Waals surface area (Å²) in [5.74, 6) is -1.23. The van der Waals surface area contributed by atoms with Gasteiger partial charge in [0.25, 0.3) is 5.91 Å². The number of carbonyl (C=O) groups is 2. The Morgan fingerprint density at radius 2 is 1.78 bits per heavy atom. The number of carbonyl (C=O) groups excluding carboxylic acids is 2. The number of aromatic nitrogens is 2. The Balaban J connectivity index is 1.58. The fraction of sp³-hybridized carbons (Fsp3) is 0.227. The maximum absolute atomic E-state index is 12.6. The minimum atomic E-state index is -3.65. The third-order valence-corrected chi connectivity index (χ3v) is 6.71. The number of nitrogens with one attached hydrogen (secondary N) is 1. The molecule has 2 aromatic carbocycles. The van der Waals surface area contributed by atoms with E-state index in [4.69, 9.17) is 4.74 Å². The molecule has 0 bridgehead atoms. The molecule has 168 valence electrons. The van der Waals surface area contributed by atoms with Gasteiger partial charge in [0.1, 0.15) is 0 Å². The topological polar surface area (TPSA) is 111 Å². The van der Waals surface area contributed by atoms with Gasteiger partial charge in [-0.25, -0.2) is 17.9 Å². The Morgan fingerprint density at radius 1 is 1.06 bits per heavy atom. The van der Waals surface area contributed by atoms with Crippen molar-refractivity contribution in [3.05, 3.63) is 72.6 Å². The lowest BCUT2D eigenvalue weighted by atomic mass is 10.2. The maximum Gasteiger partial charge on any atom is 0.338 e. The number of rotatable bonds is 9. The average Bonchev–Trinajstić information content (AvgIpc) is 3.33. The average molecular weight is 457 g/mol. The van der Waals surface area contributed by atoms with Crippen molar-refractivity contribution in [2.24, 2.45) is 0 Å². The first-order valence-electron chi connectivity index (χ1n) is 10.0. The zero-order valence-electron chi connectivity index (χ0n) is 17.8. The van der Waals surface area contributed by atoms with E-state index in [0.717, 1.165) is 5.69 Å². The third kappa shape index (κ3) is 5.40. The van der Waals surface area contributed by atoms with Crippen LogP contribution >= 0.6 is 0 Å². The highest BCUT2D eigenvalue weighted by molar-refractivity contribution is 7.89. The van der Waals surface area contributed by atoms with Gasteiger partial charge in [-0.2, -0.15) is 9.40 Å². The molecule has 1 heterocycles. The van der Waals surface area contributed by atoms with E-state index in [1.165, 1.54) is 16.4 Å². The van der Waals surface area contributed by atoms with Gasteiger partial charge in [-0.3, -0.25) is 4.79 Å². The van der Waals surface area contributed by atoms with Crippen molar-refractivity contribution in [2.75, 3.05) is 25.0 Å². The molecule has 0 saturated heterocycles. The molecule has 3 aromatic rings. The molecule has 9 nitrogen and oxygen atoms in total. The highest BCUT2D eigenvalue weighted by atomic mass is 32.2. The van der Waals surface area contributed by atoms with Crippen molar-refractivity contribution in [3.63, 3.8) is 0 Å². The van der Waals surface area contributed by atoms with Crippen LogP contribution in [0.2, 0.25) is 0 Å². The molecule has 0 aliphatic heterocycles. The lowest BCUT2D eigenvalue weighted by Crippen LogP contribution is -2.30. The van der Waals surface area contributed by atoms with E-state index in [2.05, 4.69) is 10.4 Å². The molecule has 10 heteroatoms. The van der Waals surface area contributed by atoms with E-state index in [-0.39, 0.29) is 4.90 Å². The lowest BCUT2D eigenvalue weighted by molar-refractivity contribution is -0.119. The summed E-state index contributed by atoms with van der Waals surface area (Å²) in [6.45, 7) is 3.69. The van der Waals surface area contributed by atoms with Crippen molar-refractivity contribution in [2.45, 2.75) is 18.7 Å². The molecule has 0 atom stereocenters. The summed E-state index contributed by atoms with van der Waals surface area (Å²) >= 11 is 0. The number of amides is 1. The Labute approximate surface area is 186 Å². The van der Waals surface area contributed by atoms with Gasteiger partial charge >= 0.3 is 5.97 Å². The van der Waals surface area contributed by atoms with Crippen LogP contribution in [0.5, 0.6) is 0 Å². The van der Waals surface area contributed by atoms with Crippen molar-refractivity contribution in [1.29, 1.82) is 0 Å².